The number of allylic oxidation sites excluding steroid dienone is 1. The smallest absolute Gasteiger partial charge is 0.169 e. The molecule has 98 valence electrons. The van der Waals surface area contributed by atoms with Gasteiger partial charge in [0.05, 0.1) is 12.8 Å². The van der Waals surface area contributed by atoms with Crippen LogP contribution in [0.5, 0.6) is 5.75 Å². The number of carbonyl (C=O) groups is 1. The number of hydrogen-bond acceptors (Lipinski definition) is 3. The predicted molar refractivity (Wildman–Crippen MR) is 80.5 cm³/mol. The van der Waals surface area contributed by atoms with Gasteiger partial charge in [0, 0.05) is 11.1 Å². The molecule has 0 atom stereocenters. The van der Waals surface area contributed by atoms with Gasteiger partial charge in [0.2, 0.25) is 0 Å². The summed E-state index contributed by atoms with van der Waals surface area (Å²) in [6.07, 6.45) is 2.76. The molecule has 0 amide bonds. The van der Waals surface area contributed by atoms with Crippen molar-refractivity contribution in [3.63, 3.8) is 0 Å². The van der Waals surface area contributed by atoms with Crippen molar-refractivity contribution in [1.82, 2.24) is 0 Å². The standard InChI is InChI=1S/C17H13NO2/c1-20-13-7-8-16-15(10-13)14(17(11-19)18-16)9-12-5-3-2-4-6-12/h2-11H,1H3. The lowest BCUT2D eigenvalue weighted by Crippen LogP contribution is -1.98. The Hall–Kier alpha value is -2.68. The molecule has 0 bridgehead atoms. The molecular formula is C17H13NO2. The van der Waals surface area contributed by atoms with Crippen LogP contribution < -0.4 is 4.74 Å². The Balaban J connectivity index is 2.13. The van der Waals surface area contributed by atoms with Crippen molar-refractivity contribution in [2.45, 2.75) is 0 Å². The molecule has 20 heavy (non-hydrogen) atoms. The van der Waals surface area contributed by atoms with Crippen molar-refractivity contribution >= 4 is 29.3 Å². The number of fused-ring (bicyclic) bond motifs is 1. The van der Waals surface area contributed by atoms with Gasteiger partial charge in [-0.25, -0.2) is 4.99 Å². The molecule has 2 aromatic carbocycles. The van der Waals surface area contributed by atoms with Crippen molar-refractivity contribution in [2.24, 2.45) is 4.99 Å². The topological polar surface area (TPSA) is 38.7 Å². The van der Waals surface area contributed by atoms with E-state index < -0.39 is 0 Å². The van der Waals surface area contributed by atoms with E-state index in [9.17, 15) is 4.79 Å². The minimum atomic E-state index is 0.456. The first-order valence-corrected chi connectivity index (χ1v) is 6.31. The molecule has 0 N–H and O–H groups in total. The van der Waals surface area contributed by atoms with Crippen LogP contribution >= 0.6 is 0 Å². The number of ether oxygens (including phenoxy) is 1. The van der Waals surface area contributed by atoms with Crippen molar-refractivity contribution in [3.05, 3.63) is 59.7 Å². The highest BCUT2D eigenvalue weighted by atomic mass is 16.5. The second-order valence-electron chi connectivity index (χ2n) is 4.47. The van der Waals surface area contributed by atoms with Gasteiger partial charge in [-0.2, -0.15) is 0 Å². The second-order valence-corrected chi connectivity index (χ2v) is 4.47. The van der Waals surface area contributed by atoms with Crippen LogP contribution in [0.3, 0.4) is 0 Å². The van der Waals surface area contributed by atoms with Crippen molar-refractivity contribution in [2.75, 3.05) is 7.11 Å². The Morgan fingerprint density at radius 3 is 2.60 bits per heavy atom. The lowest BCUT2D eigenvalue weighted by atomic mass is 10.0. The highest BCUT2D eigenvalue weighted by molar-refractivity contribution is 6.53. The zero-order valence-corrected chi connectivity index (χ0v) is 11.0. The van der Waals surface area contributed by atoms with Gasteiger partial charge < -0.3 is 4.74 Å². The van der Waals surface area contributed by atoms with Crippen LogP contribution in [0.1, 0.15) is 11.1 Å². The van der Waals surface area contributed by atoms with Gasteiger partial charge in [-0.3, -0.25) is 4.79 Å². The number of methoxy groups -OCH3 is 1. The largest absolute Gasteiger partial charge is 0.497 e. The molecule has 3 nitrogen and oxygen atoms in total. The van der Waals surface area contributed by atoms with Crippen LogP contribution in [-0.4, -0.2) is 19.1 Å². The molecule has 0 radical (unpaired) electrons. The van der Waals surface area contributed by atoms with E-state index in [1.54, 1.807) is 7.11 Å². The summed E-state index contributed by atoms with van der Waals surface area (Å²) < 4.78 is 5.24. The average Bonchev–Trinajstić information content (AvgIpc) is 2.85. The van der Waals surface area contributed by atoms with Crippen LogP contribution in [-0.2, 0) is 4.79 Å². The molecule has 3 rings (SSSR count). The van der Waals surface area contributed by atoms with E-state index in [0.29, 0.717) is 5.71 Å². The van der Waals surface area contributed by atoms with E-state index in [-0.39, 0.29) is 0 Å². The third-order valence-corrected chi connectivity index (χ3v) is 3.23. The summed E-state index contributed by atoms with van der Waals surface area (Å²) >= 11 is 0. The molecular weight excluding hydrogens is 250 g/mol. The van der Waals surface area contributed by atoms with Crippen LogP contribution in [0.25, 0.3) is 11.6 Å². The lowest BCUT2D eigenvalue weighted by molar-refractivity contribution is -0.102. The molecule has 1 aliphatic heterocycles. The Morgan fingerprint density at radius 2 is 1.90 bits per heavy atom. The first kappa shape index (κ1) is 12.4. The van der Waals surface area contributed by atoms with Crippen molar-refractivity contribution in [3.8, 4) is 5.75 Å². The van der Waals surface area contributed by atoms with Crippen LogP contribution in [0, 0.1) is 0 Å². The van der Waals surface area contributed by atoms with Crippen LogP contribution in [0.4, 0.5) is 5.69 Å². The van der Waals surface area contributed by atoms with Gasteiger partial charge in [0.25, 0.3) is 0 Å². The number of hydrogen-bond donors (Lipinski definition) is 0. The minimum absolute atomic E-state index is 0.456. The fourth-order valence-electron chi connectivity index (χ4n) is 2.24. The Labute approximate surface area is 117 Å². The van der Waals surface area contributed by atoms with Gasteiger partial charge in [-0.1, -0.05) is 30.3 Å². The molecule has 0 aliphatic carbocycles. The number of benzene rings is 2. The third kappa shape index (κ3) is 2.14. The average molecular weight is 263 g/mol. The van der Waals surface area contributed by atoms with E-state index in [2.05, 4.69) is 4.99 Å². The predicted octanol–water partition coefficient (Wildman–Crippen LogP) is 3.52. The maximum atomic E-state index is 11.2. The number of nitrogens with zero attached hydrogens (tertiary/aromatic N) is 1. The van der Waals surface area contributed by atoms with Gasteiger partial charge in [0.15, 0.2) is 6.29 Å². The second kappa shape index (κ2) is 5.13. The normalized spacial score (nSPS) is 14.8. The minimum Gasteiger partial charge on any atom is -0.497 e. The Bertz CT molecular complexity index is 715. The molecule has 1 heterocycles. The van der Waals surface area contributed by atoms with E-state index >= 15 is 0 Å². The lowest BCUT2D eigenvalue weighted by Gasteiger charge is -2.04. The zero-order valence-electron chi connectivity index (χ0n) is 11.0. The highest BCUT2D eigenvalue weighted by Crippen LogP contribution is 2.37. The quantitative estimate of drug-likeness (QED) is 0.795. The summed E-state index contributed by atoms with van der Waals surface area (Å²) in [7, 11) is 1.62. The van der Waals surface area contributed by atoms with Gasteiger partial charge >= 0.3 is 0 Å². The molecule has 0 aromatic heterocycles. The Morgan fingerprint density at radius 1 is 1.10 bits per heavy atom. The van der Waals surface area contributed by atoms with Gasteiger partial charge in [0.1, 0.15) is 11.5 Å². The number of aldehydes is 1. The maximum absolute atomic E-state index is 11.2. The number of rotatable bonds is 3. The van der Waals surface area contributed by atoms with E-state index in [1.165, 1.54) is 0 Å². The summed E-state index contributed by atoms with van der Waals surface area (Å²) in [5.74, 6) is 0.755. The zero-order chi connectivity index (χ0) is 13.9. The molecule has 0 saturated carbocycles. The van der Waals surface area contributed by atoms with Crippen LogP contribution in [0.15, 0.2) is 53.5 Å². The summed E-state index contributed by atoms with van der Waals surface area (Å²) in [6.45, 7) is 0. The highest BCUT2D eigenvalue weighted by Gasteiger charge is 2.20. The molecule has 1 aliphatic rings. The molecule has 0 saturated heterocycles. The van der Waals surface area contributed by atoms with Crippen molar-refractivity contribution < 1.29 is 9.53 Å². The molecule has 0 fully saturated rings. The summed E-state index contributed by atoms with van der Waals surface area (Å²) in [5.41, 5.74) is 4.05. The molecule has 2 aromatic rings. The SMILES string of the molecule is COc1ccc2c(c1)C(=Cc1ccccc1)C(C=O)=N2. The first-order chi connectivity index (χ1) is 9.81. The Kier molecular flexibility index (Phi) is 3.17. The summed E-state index contributed by atoms with van der Waals surface area (Å²) in [6, 6.07) is 15.5. The first-order valence-electron chi connectivity index (χ1n) is 6.31. The fraction of sp³-hybridized carbons (Fsp3) is 0.0588. The molecule has 0 spiro atoms. The monoisotopic (exact) mass is 263 g/mol. The van der Waals surface area contributed by atoms with Crippen LogP contribution in [0.2, 0.25) is 0 Å². The fourth-order valence-corrected chi connectivity index (χ4v) is 2.24. The summed E-state index contributed by atoms with van der Waals surface area (Å²) in [4.78, 5) is 15.6. The van der Waals surface area contributed by atoms with Crippen molar-refractivity contribution in [1.29, 1.82) is 0 Å². The van der Waals surface area contributed by atoms with E-state index in [0.717, 1.165) is 34.4 Å². The summed E-state index contributed by atoms with van der Waals surface area (Å²) in [5, 5.41) is 0. The van der Waals surface area contributed by atoms with Gasteiger partial charge in [-0.05, 0) is 29.8 Å². The maximum Gasteiger partial charge on any atom is 0.169 e. The molecule has 3 heteroatoms. The number of carbonyl (C=O) groups excluding carboxylic acids is 1. The van der Waals surface area contributed by atoms with Gasteiger partial charge in [-0.15, -0.1) is 0 Å². The third-order valence-electron chi connectivity index (χ3n) is 3.23. The van der Waals surface area contributed by atoms with E-state index in [4.69, 9.17) is 4.74 Å². The van der Waals surface area contributed by atoms with E-state index in [1.807, 2.05) is 54.6 Å². The molecule has 0 unspecified atom stereocenters. The number of aliphatic imine (C=N–C) groups is 1.